The fourth-order valence-electron chi connectivity index (χ4n) is 2.40. The van der Waals surface area contributed by atoms with Crippen LogP contribution in [0.25, 0.3) is 0 Å². The summed E-state index contributed by atoms with van der Waals surface area (Å²) in [5.41, 5.74) is 2.84. The lowest BCUT2D eigenvalue weighted by Gasteiger charge is -2.10. The van der Waals surface area contributed by atoms with Gasteiger partial charge in [0.15, 0.2) is 0 Å². The van der Waals surface area contributed by atoms with Crippen LogP contribution in [-0.4, -0.2) is 45.1 Å². The SMILES string of the molecule is C=CC.CC.CC.CC/C=C\C=C(/COCCNc1ccccc1C)OC.COC(=O)c1ccc(O)cc1. The van der Waals surface area contributed by atoms with Gasteiger partial charge in [-0.2, -0.15) is 0 Å². The molecule has 38 heavy (non-hydrogen) atoms. The molecule has 0 unspecified atom stereocenters. The number of aryl methyl sites for hydroxylation is 1. The molecule has 0 radical (unpaired) electrons. The van der Waals surface area contributed by atoms with Gasteiger partial charge in [-0.25, -0.2) is 4.79 Å². The second-order valence-electron chi connectivity index (χ2n) is 6.91. The van der Waals surface area contributed by atoms with Gasteiger partial charge >= 0.3 is 5.97 Å². The minimum atomic E-state index is -0.398. The maximum absolute atomic E-state index is 10.8. The minimum Gasteiger partial charge on any atom is -0.508 e. The summed E-state index contributed by atoms with van der Waals surface area (Å²) in [5, 5.41) is 12.2. The maximum atomic E-state index is 10.8. The molecule has 6 heteroatoms. The van der Waals surface area contributed by atoms with Crippen LogP contribution in [0.5, 0.6) is 5.75 Å². The van der Waals surface area contributed by atoms with Crippen molar-refractivity contribution >= 4 is 11.7 Å². The highest BCUT2D eigenvalue weighted by Crippen LogP contribution is 2.12. The van der Waals surface area contributed by atoms with Crippen molar-refractivity contribution in [3.8, 4) is 5.75 Å². The summed E-state index contributed by atoms with van der Waals surface area (Å²) in [6.07, 6.45) is 8.79. The van der Waals surface area contributed by atoms with E-state index in [1.807, 2.05) is 58.9 Å². The number of phenolic OH excluding ortho intramolecular Hbond substituents is 1. The normalized spacial score (nSPS) is 9.55. The van der Waals surface area contributed by atoms with E-state index in [0.717, 1.165) is 24.4 Å². The molecule has 6 nitrogen and oxygen atoms in total. The highest BCUT2D eigenvalue weighted by atomic mass is 16.5. The van der Waals surface area contributed by atoms with E-state index in [-0.39, 0.29) is 5.75 Å². The average molecular weight is 530 g/mol. The van der Waals surface area contributed by atoms with E-state index in [1.165, 1.54) is 36.9 Å². The molecule has 0 fully saturated rings. The Hall–Kier alpha value is -3.51. The molecule has 0 heterocycles. The van der Waals surface area contributed by atoms with Gasteiger partial charge in [0.2, 0.25) is 0 Å². The molecule has 0 aliphatic carbocycles. The Morgan fingerprint density at radius 2 is 1.58 bits per heavy atom. The highest BCUT2D eigenvalue weighted by Gasteiger charge is 2.02. The number of benzene rings is 2. The number of rotatable bonds is 10. The largest absolute Gasteiger partial charge is 0.508 e. The Labute approximate surface area is 232 Å². The lowest BCUT2D eigenvalue weighted by molar-refractivity contribution is 0.0600. The number of esters is 1. The molecule has 214 valence electrons. The Morgan fingerprint density at radius 3 is 2.08 bits per heavy atom. The molecule has 0 aliphatic heterocycles. The van der Waals surface area contributed by atoms with E-state index >= 15 is 0 Å². The predicted molar refractivity (Wildman–Crippen MR) is 163 cm³/mol. The van der Waals surface area contributed by atoms with E-state index in [2.05, 4.69) is 48.7 Å². The third kappa shape index (κ3) is 21.7. The summed E-state index contributed by atoms with van der Waals surface area (Å²) in [5.74, 6) is 0.577. The van der Waals surface area contributed by atoms with Gasteiger partial charge in [0, 0.05) is 12.2 Å². The number of carbonyl (C=O) groups excluding carboxylic acids is 1. The van der Waals surface area contributed by atoms with Crippen LogP contribution < -0.4 is 5.32 Å². The molecule has 2 aromatic carbocycles. The van der Waals surface area contributed by atoms with Crippen molar-refractivity contribution < 1.29 is 24.1 Å². The first kappa shape index (κ1) is 39.0. The van der Waals surface area contributed by atoms with Crippen molar-refractivity contribution in [1.29, 1.82) is 0 Å². The summed E-state index contributed by atoms with van der Waals surface area (Å²) < 4.78 is 15.3. The number of ether oxygens (including phenoxy) is 3. The Kier molecular flexibility index (Phi) is 30.5. The predicted octanol–water partition coefficient (Wildman–Crippen LogP) is 8.34. The van der Waals surface area contributed by atoms with Gasteiger partial charge < -0.3 is 24.6 Å². The first-order valence-corrected chi connectivity index (χ1v) is 13.1. The monoisotopic (exact) mass is 529 g/mol. The Balaban J connectivity index is -0.000000571. The van der Waals surface area contributed by atoms with Crippen LogP contribution in [0.15, 0.2) is 85.2 Å². The Bertz CT molecular complexity index is 874. The quantitative estimate of drug-likeness (QED) is 0.106. The summed E-state index contributed by atoms with van der Waals surface area (Å²) in [7, 11) is 2.98. The zero-order valence-corrected chi connectivity index (χ0v) is 25.0. The third-order valence-electron chi connectivity index (χ3n) is 4.16. The molecule has 0 saturated heterocycles. The number of anilines is 1. The van der Waals surface area contributed by atoms with Crippen LogP contribution in [0.3, 0.4) is 0 Å². The molecule has 0 spiro atoms. The van der Waals surface area contributed by atoms with E-state index in [4.69, 9.17) is 14.6 Å². The Morgan fingerprint density at radius 1 is 1.00 bits per heavy atom. The van der Waals surface area contributed by atoms with Gasteiger partial charge in [0.25, 0.3) is 0 Å². The molecule has 0 aromatic heterocycles. The van der Waals surface area contributed by atoms with Crippen molar-refractivity contribution in [3.05, 3.63) is 96.3 Å². The zero-order valence-electron chi connectivity index (χ0n) is 25.0. The summed E-state index contributed by atoms with van der Waals surface area (Å²) in [6.45, 7) is 19.4. The second kappa shape index (κ2) is 29.7. The second-order valence-corrected chi connectivity index (χ2v) is 6.91. The zero-order chi connectivity index (χ0) is 29.6. The standard InChI is InChI=1S/C17H25NO2.C8H8O3.C3H6.2C2H6/c1-4-5-6-10-16(19-3)14-20-13-12-18-17-11-8-7-9-15(17)2;1-11-8(10)6-2-4-7(9)5-3-6;1-3-2;2*1-2/h5-11,18H,4,12-14H2,1-3H3;2-5,9H,1H3;3H,1H2,2H3;2*1-2H3/b6-5-,16-10+;;;;. The molecular formula is C32H51NO5. The number of nitrogens with one attached hydrogen (secondary N) is 1. The van der Waals surface area contributed by atoms with Gasteiger partial charge in [-0.3, -0.25) is 0 Å². The number of allylic oxidation sites excluding steroid dienone is 4. The van der Waals surface area contributed by atoms with Crippen molar-refractivity contribution in [2.45, 2.75) is 54.9 Å². The molecule has 0 bridgehead atoms. The van der Waals surface area contributed by atoms with Crippen molar-refractivity contribution in [1.82, 2.24) is 0 Å². The maximum Gasteiger partial charge on any atom is 0.337 e. The van der Waals surface area contributed by atoms with Gasteiger partial charge in [0.1, 0.15) is 18.1 Å². The summed E-state index contributed by atoms with van der Waals surface area (Å²) in [6, 6.07) is 14.1. The number of carbonyl (C=O) groups is 1. The molecular weight excluding hydrogens is 478 g/mol. The summed E-state index contributed by atoms with van der Waals surface area (Å²) in [4.78, 5) is 10.8. The van der Waals surface area contributed by atoms with Crippen LogP contribution in [0.4, 0.5) is 5.69 Å². The van der Waals surface area contributed by atoms with Crippen molar-refractivity contribution in [3.63, 3.8) is 0 Å². The molecule has 0 atom stereocenters. The highest BCUT2D eigenvalue weighted by molar-refractivity contribution is 5.89. The fraction of sp³-hybridized carbons (Fsp3) is 0.406. The molecule has 0 aliphatic rings. The molecule has 2 aromatic rings. The first-order valence-electron chi connectivity index (χ1n) is 13.1. The topological polar surface area (TPSA) is 77.0 Å². The molecule has 0 amide bonds. The summed E-state index contributed by atoms with van der Waals surface area (Å²) >= 11 is 0. The van der Waals surface area contributed by atoms with Crippen molar-refractivity contribution in [2.75, 3.05) is 39.3 Å². The number of aromatic hydroxyl groups is 1. The molecule has 0 saturated carbocycles. The van der Waals surface area contributed by atoms with Crippen LogP contribution >= 0.6 is 0 Å². The van der Waals surface area contributed by atoms with Gasteiger partial charge in [-0.15, -0.1) is 6.58 Å². The van der Waals surface area contributed by atoms with Gasteiger partial charge in [-0.05, 0) is 62.2 Å². The number of hydrogen-bond acceptors (Lipinski definition) is 6. The number of hydrogen-bond donors (Lipinski definition) is 2. The molecule has 2 rings (SSSR count). The van der Waals surface area contributed by atoms with E-state index < -0.39 is 5.97 Å². The third-order valence-corrected chi connectivity index (χ3v) is 4.16. The van der Waals surface area contributed by atoms with E-state index in [0.29, 0.717) is 18.8 Å². The minimum absolute atomic E-state index is 0.137. The van der Waals surface area contributed by atoms with E-state index in [9.17, 15) is 4.79 Å². The number of phenols is 1. The number of para-hydroxylation sites is 1. The molecule has 2 N–H and O–H groups in total. The van der Waals surface area contributed by atoms with Gasteiger partial charge in [-0.1, -0.05) is 71.0 Å². The van der Waals surface area contributed by atoms with Gasteiger partial charge in [0.05, 0.1) is 26.4 Å². The first-order chi connectivity index (χ1) is 18.4. The van der Waals surface area contributed by atoms with Crippen molar-refractivity contribution in [2.24, 2.45) is 0 Å². The van der Waals surface area contributed by atoms with E-state index in [1.54, 1.807) is 13.2 Å². The fourth-order valence-corrected chi connectivity index (χ4v) is 2.40. The van der Waals surface area contributed by atoms with Crippen LogP contribution in [-0.2, 0) is 14.2 Å². The average Bonchev–Trinajstić information content (AvgIpc) is 2.96. The van der Waals surface area contributed by atoms with Crippen LogP contribution in [0.1, 0.15) is 63.9 Å². The lowest BCUT2D eigenvalue weighted by atomic mass is 10.2. The van der Waals surface area contributed by atoms with Crippen LogP contribution in [0, 0.1) is 6.92 Å². The lowest BCUT2D eigenvalue weighted by Crippen LogP contribution is -2.11. The smallest absolute Gasteiger partial charge is 0.337 e. The number of methoxy groups -OCH3 is 2. The van der Waals surface area contributed by atoms with Crippen LogP contribution in [0.2, 0.25) is 0 Å².